The van der Waals surface area contributed by atoms with Crippen LogP contribution in [0.4, 0.5) is 11.5 Å². The molecule has 0 spiro atoms. The number of nitrogens with one attached hydrogen (secondary N) is 1. The maximum atomic E-state index is 12.5. The molecule has 0 fully saturated rings. The average molecular weight is 456 g/mol. The van der Waals surface area contributed by atoms with Crippen LogP contribution in [0.5, 0.6) is 0 Å². The van der Waals surface area contributed by atoms with E-state index in [9.17, 15) is 4.79 Å². The van der Waals surface area contributed by atoms with E-state index in [1.165, 1.54) is 11.1 Å². The number of anilines is 2. The molecule has 0 aliphatic heterocycles. The molecule has 0 saturated heterocycles. The molecule has 5 heteroatoms. The van der Waals surface area contributed by atoms with Crippen molar-refractivity contribution >= 4 is 29.0 Å². The van der Waals surface area contributed by atoms with Crippen molar-refractivity contribution in [2.45, 2.75) is 26.4 Å². The van der Waals surface area contributed by atoms with Crippen molar-refractivity contribution in [1.82, 2.24) is 4.98 Å². The smallest absolute Gasteiger partial charge is 0.228 e. The summed E-state index contributed by atoms with van der Waals surface area (Å²) < 4.78 is 0. The molecule has 0 unspecified atom stereocenters. The Morgan fingerprint density at radius 2 is 1.36 bits per heavy atom. The van der Waals surface area contributed by atoms with Gasteiger partial charge in [0.2, 0.25) is 5.91 Å². The first-order chi connectivity index (χ1) is 16.1. The molecule has 0 aliphatic carbocycles. The lowest BCUT2D eigenvalue weighted by atomic mass is 10.1. The zero-order chi connectivity index (χ0) is 23.0. The first kappa shape index (κ1) is 22.6. The largest absolute Gasteiger partial charge is 0.348 e. The van der Waals surface area contributed by atoms with Crippen LogP contribution < -0.4 is 10.2 Å². The summed E-state index contributed by atoms with van der Waals surface area (Å²) in [6.07, 6.45) is 0.284. The number of nitrogens with zero attached hydrogens (tertiary/aromatic N) is 2. The maximum absolute atomic E-state index is 12.5. The molecule has 3 aromatic carbocycles. The van der Waals surface area contributed by atoms with Crippen molar-refractivity contribution < 1.29 is 4.79 Å². The van der Waals surface area contributed by atoms with E-state index in [1.807, 2.05) is 67.6 Å². The fraction of sp³-hybridized carbons (Fsp3) is 0.143. The third kappa shape index (κ3) is 6.43. The van der Waals surface area contributed by atoms with Crippen LogP contribution in [0.1, 0.15) is 22.4 Å². The lowest BCUT2D eigenvalue weighted by Crippen LogP contribution is -2.24. The Labute approximate surface area is 199 Å². The standard InChI is InChI=1S/C28H26ClN3O/c1-21-26(31-28(33)18-22-12-14-25(29)15-13-22)16-17-27(30-21)32(19-23-8-4-2-5-9-23)20-24-10-6-3-7-11-24/h2-17H,18-20H2,1H3,(H,31,33). The molecule has 1 heterocycles. The van der Waals surface area contributed by atoms with Crippen LogP contribution >= 0.6 is 11.6 Å². The van der Waals surface area contributed by atoms with Gasteiger partial charge >= 0.3 is 0 Å². The van der Waals surface area contributed by atoms with Crippen molar-refractivity contribution in [2.24, 2.45) is 0 Å². The summed E-state index contributed by atoms with van der Waals surface area (Å²) in [6, 6.07) is 31.9. The molecule has 0 aliphatic rings. The number of carbonyl (C=O) groups is 1. The van der Waals surface area contributed by atoms with Gasteiger partial charge in [0.05, 0.1) is 17.8 Å². The van der Waals surface area contributed by atoms with Crippen molar-refractivity contribution in [3.8, 4) is 0 Å². The maximum Gasteiger partial charge on any atom is 0.228 e. The lowest BCUT2D eigenvalue weighted by Gasteiger charge is -2.25. The van der Waals surface area contributed by atoms with Gasteiger partial charge < -0.3 is 10.2 Å². The number of amides is 1. The van der Waals surface area contributed by atoms with Gasteiger partial charge in [0, 0.05) is 18.1 Å². The molecule has 0 atom stereocenters. The zero-order valence-electron chi connectivity index (χ0n) is 18.5. The number of halogens is 1. The molecule has 33 heavy (non-hydrogen) atoms. The Balaban J connectivity index is 1.50. The van der Waals surface area contributed by atoms with Crippen molar-refractivity contribution in [3.05, 3.63) is 124 Å². The highest BCUT2D eigenvalue weighted by Gasteiger charge is 2.13. The second-order valence-electron chi connectivity index (χ2n) is 7.98. The second kappa shape index (κ2) is 10.8. The number of hydrogen-bond acceptors (Lipinski definition) is 3. The van der Waals surface area contributed by atoms with Crippen LogP contribution in [0.15, 0.2) is 97.1 Å². The van der Waals surface area contributed by atoms with Crippen LogP contribution in [-0.4, -0.2) is 10.9 Å². The number of carbonyl (C=O) groups excluding carboxylic acids is 1. The van der Waals surface area contributed by atoms with E-state index in [2.05, 4.69) is 34.5 Å². The van der Waals surface area contributed by atoms with Crippen LogP contribution in [-0.2, 0) is 24.3 Å². The van der Waals surface area contributed by atoms with Gasteiger partial charge in [-0.25, -0.2) is 4.98 Å². The number of aryl methyl sites for hydroxylation is 1. The van der Waals surface area contributed by atoms with Gasteiger partial charge in [0.1, 0.15) is 5.82 Å². The molecule has 0 saturated carbocycles. The number of aromatic nitrogens is 1. The quantitative estimate of drug-likeness (QED) is 0.333. The van der Waals surface area contributed by atoms with E-state index in [1.54, 1.807) is 12.1 Å². The van der Waals surface area contributed by atoms with Gasteiger partial charge in [-0.3, -0.25) is 4.79 Å². The molecule has 166 valence electrons. The molecule has 1 N–H and O–H groups in total. The van der Waals surface area contributed by atoms with E-state index in [-0.39, 0.29) is 12.3 Å². The summed E-state index contributed by atoms with van der Waals surface area (Å²) >= 11 is 5.93. The van der Waals surface area contributed by atoms with Gasteiger partial charge in [-0.05, 0) is 47.9 Å². The van der Waals surface area contributed by atoms with E-state index in [4.69, 9.17) is 16.6 Å². The number of pyridine rings is 1. The Hall–Kier alpha value is -3.63. The molecule has 4 rings (SSSR count). The third-order valence-corrected chi connectivity index (χ3v) is 5.63. The fourth-order valence-electron chi connectivity index (χ4n) is 3.66. The third-order valence-electron chi connectivity index (χ3n) is 5.38. The van der Waals surface area contributed by atoms with Crippen molar-refractivity contribution in [3.63, 3.8) is 0 Å². The summed E-state index contributed by atoms with van der Waals surface area (Å²) in [6.45, 7) is 3.40. The van der Waals surface area contributed by atoms with E-state index in [0.717, 1.165) is 35.9 Å². The number of hydrogen-bond donors (Lipinski definition) is 1. The lowest BCUT2D eigenvalue weighted by molar-refractivity contribution is -0.115. The van der Waals surface area contributed by atoms with Crippen LogP contribution in [0, 0.1) is 6.92 Å². The molecular weight excluding hydrogens is 430 g/mol. The first-order valence-electron chi connectivity index (χ1n) is 10.9. The topological polar surface area (TPSA) is 45.2 Å². The molecule has 1 aromatic heterocycles. The summed E-state index contributed by atoms with van der Waals surface area (Å²) in [5, 5.41) is 3.64. The van der Waals surface area contributed by atoms with Gasteiger partial charge in [-0.15, -0.1) is 0 Å². The summed E-state index contributed by atoms with van der Waals surface area (Å²) in [7, 11) is 0. The van der Waals surface area contributed by atoms with Gasteiger partial charge in [0.15, 0.2) is 0 Å². The fourth-order valence-corrected chi connectivity index (χ4v) is 3.79. The molecule has 0 bridgehead atoms. The molecule has 4 aromatic rings. The SMILES string of the molecule is Cc1nc(N(Cc2ccccc2)Cc2ccccc2)ccc1NC(=O)Cc1ccc(Cl)cc1. The monoisotopic (exact) mass is 455 g/mol. The molecule has 4 nitrogen and oxygen atoms in total. The molecule has 1 amide bonds. The average Bonchev–Trinajstić information content (AvgIpc) is 2.83. The minimum Gasteiger partial charge on any atom is -0.348 e. The minimum absolute atomic E-state index is 0.0830. The van der Waals surface area contributed by atoms with E-state index < -0.39 is 0 Å². The van der Waals surface area contributed by atoms with Gasteiger partial charge in [-0.1, -0.05) is 84.4 Å². The van der Waals surface area contributed by atoms with Crippen molar-refractivity contribution in [2.75, 3.05) is 10.2 Å². The zero-order valence-corrected chi connectivity index (χ0v) is 19.3. The molecule has 0 radical (unpaired) electrons. The van der Waals surface area contributed by atoms with E-state index >= 15 is 0 Å². The highest BCUT2D eigenvalue weighted by molar-refractivity contribution is 6.30. The van der Waals surface area contributed by atoms with Crippen molar-refractivity contribution in [1.29, 1.82) is 0 Å². The number of rotatable bonds is 8. The first-order valence-corrected chi connectivity index (χ1v) is 11.3. The summed E-state index contributed by atoms with van der Waals surface area (Å²) in [5.41, 5.74) is 4.85. The Morgan fingerprint density at radius 1 is 0.788 bits per heavy atom. The summed E-state index contributed by atoms with van der Waals surface area (Å²) in [4.78, 5) is 19.6. The summed E-state index contributed by atoms with van der Waals surface area (Å²) in [5.74, 6) is 0.788. The number of benzene rings is 3. The normalized spacial score (nSPS) is 10.6. The second-order valence-corrected chi connectivity index (χ2v) is 8.42. The Kier molecular flexibility index (Phi) is 7.38. The Bertz CT molecular complexity index is 1150. The van der Waals surface area contributed by atoms with Gasteiger partial charge in [-0.2, -0.15) is 0 Å². The predicted octanol–water partition coefficient (Wildman–Crippen LogP) is 6.43. The van der Waals surface area contributed by atoms with Crippen LogP contribution in [0.2, 0.25) is 5.02 Å². The minimum atomic E-state index is -0.0830. The van der Waals surface area contributed by atoms with Crippen LogP contribution in [0.25, 0.3) is 0 Å². The van der Waals surface area contributed by atoms with E-state index in [0.29, 0.717) is 5.02 Å². The highest BCUT2D eigenvalue weighted by Crippen LogP contribution is 2.23. The Morgan fingerprint density at radius 3 is 1.91 bits per heavy atom. The highest BCUT2D eigenvalue weighted by atomic mass is 35.5. The molecular formula is C28H26ClN3O. The van der Waals surface area contributed by atoms with Crippen LogP contribution in [0.3, 0.4) is 0 Å². The predicted molar refractivity (Wildman–Crippen MR) is 136 cm³/mol. The van der Waals surface area contributed by atoms with Gasteiger partial charge in [0.25, 0.3) is 0 Å².